The summed E-state index contributed by atoms with van der Waals surface area (Å²) in [5, 5.41) is 0. The molecule has 0 spiro atoms. The number of benzene rings is 2. The first kappa shape index (κ1) is 26.7. The van der Waals surface area contributed by atoms with Crippen LogP contribution < -0.4 is 4.74 Å². The van der Waals surface area contributed by atoms with E-state index in [4.69, 9.17) is 14.2 Å². The molecule has 0 saturated carbocycles. The van der Waals surface area contributed by atoms with Crippen LogP contribution in [0.3, 0.4) is 0 Å². The Bertz CT molecular complexity index is 849. The van der Waals surface area contributed by atoms with Crippen LogP contribution in [0.25, 0.3) is 12.2 Å². The molecule has 0 unspecified atom stereocenters. The molecule has 0 aliphatic heterocycles. The van der Waals surface area contributed by atoms with Crippen LogP contribution in [0.2, 0.25) is 0 Å². The molecule has 0 radical (unpaired) electrons. The van der Waals surface area contributed by atoms with Crippen LogP contribution in [0, 0.1) is 5.92 Å². The van der Waals surface area contributed by atoms with Gasteiger partial charge in [0.1, 0.15) is 5.75 Å². The molecular formula is C27H34O5. The summed E-state index contributed by atoms with van der Waals surface area (Å²) in [7, 11) is 1.62. The lowest BCUT2D eigenvalue weighted by atomic mass is 10.1. The second kappa shape index (κ2) is 15.5. The van der Waals surface area contributed by atoms with Gasteiger partial charge in [0.2, 0.25) is 0 Å². The van der Waals surface area contributed by atoms with Gasteiger partial charge in [-0.25, -0.2) is 9.59 Å². The van der Waals surface area contributed by atoms with E-state index >= 15 is 0 Å². The maximum Gasteiger partial charge on any atom is 0.331 e. The van der Waals surface area contributed by atoms with E-state index in [1.54, 1.807) is 19.3 Å². The summed E-state index contributed by atoms with van der Waals surface area (Å²) in [5.74, 6) is 0.753. The van der Waals surface area contributed by atoms with Gasteiger partial charge in [-0.15, -0.1) is 0 Å². The number of carbonyl (C=O) groups excluding carboxylic acids is 2. The van der Waals surface area contributed by atoms with Gasteiger partial charge in [0.15, 0.2) is 0 Å². The average Bonchev–Trinajstić information content (AvgIpc) is 2.77. The van der Waals surface area contributed by atoms with Gasteiger partial charge < -0.3 is 14.2 Å². The fraction of sp³-hybridized carbons (Fsp3) is 0.333. The van der Waals surface area contributed by atoms with Crippen LogP contribution in [0.4, 0.5) is 0 Å². The summed E-state index contributed by atoms with van der Waals surface area (Å²) in [6.45, 7) is 8.34. The molecule has 2 rings (SSSR count). The Hall–Kier alpha value is -3.34. The minimum atomic E-state index is -0.328. The van der Waals surface area contributed by atoms with Gasteiger partial charge in [0, 0.05) is 12.2 Å². The van der Waals surface area contributed by atoms with Crippen LogP contribution in [0.5, 0.6) is 5.75 Å². The number of hydrogen-bond acceptors (Lipinski definition) is 5. The maximum absolute atomic E-state index is 11.3. The second-order valence-corrected chi connectivity index (χ2v) is 7.69. The molecular weight excluding hydrogens is 404 g/mol. The third-order valence-electron chi connectivity index (χ3n) is 4.03. The lowest BCUT2D eigenvalue weighted by molar-refractivity contribution is -0.141. The van der Waals surface area contributed by atoms with Crippen molar-refractivity contribution in [3.8, 4) is 5.75 Å². The van der Waals surface area contributed by atoms with E-state index in [9.17, 15) is 9.59 Å². The van der Waals surface area contributed by atoms with Crippen molar-refractivity contribution in [3.63, 3.8) is 0 Å². The van der Waals surface area contributed by atoms with Crippen molar-refractivity contribution >= 4 is 24.1 Å². The van der Waals surface area contributed by atoms with Crippen LogP contribution >= 0.6 is 0 Å². The molecule has 0 saturated heterocycles. The molecule has 32 heavy (non-hydrogen) atoms. The Morgan fingerprint density at radius 2 is 1.38 bits per heavy atom. The molecule has 0 amide bonds. The molecule has 0 atom stereocenters. The molecule has 5 nitrogen and oxygen atoms in total. The molecule has 0 bridgehead atoms. The number of carbonyl (C=O) groups is 2. The molecule has 0 N–H and O–H groups in total. The van der Waals surface area contributed by atoms with Gasteiger partial charge in [-0.3, -0.25) is 0 Å². The number of esters is 2. The zero-order chi connectivity index (χ0) is 23.8. The number of hydrogen-bond donors (Lipinski definition) is 0. The summed E-state index contributed by atoms with van der Waals surface area (Å²) in [4.78, 5) is 22.5. The highest BCUT2D eigenvalue weighted by molar-refractivity contribution is 5.87. The highest BCUT2D eigenvalue weighted by atomic mass is 16.5. The first-order valence-electron chi connectivity index (χ1n) is 10.7. The molecule has 0 aromatic heterocycles. The van der Waals surface area contributed by atoms with Crippen molar-refractivity contribution in [2.24, 2.45) is 5.92 Å². The Labute approximate surface area is 191 Å². The Kier molecular flexibility index (Phi) is 12.9. The normalized spacial score (nSPS) is 10.8. The van der Waals surface area contributed by atoms with Crippen LogP contribution in [0.15, 0.2) is 66.7 Å². The molecule has 0 fully saturated rings. The standard InChI is InChI=1S/C14H18O2.C13H16O3/c1-12(2)10-11-16-14(15)9-8-13-6-4-3-5-7-13;1-10(2)16-13(14)9-6-11-4-7-12(15-3)8-5-11/h3-9,12H,10-11H2,1-2H3;4-10H,1-3H3. The van der Waals surface area contributed by atoms with Gasteiger partial charge in [-0.05, 0) is 61.6 Å². The minimum Gasteiger partial charge on any atom is -0.497 e. The topological polar surface area (TPSA) is 61.8 Å². The van der Waals surface area contributed by atoms with E-state index in [1.165, 1.54) is 12.2 Å². The largest absolute Gasteiger partial charge is 0.497 e. The predicted octanol–water partition coefficient (Wildman–Crippen LogP) is 5.95. The lowest BCUT2D eigenvalue weighted by Crippen LogP contribution is -2.08. The lowest BCUT2D eigenvalue weighted by Gasteiger charge is -2.04. The van der Waals surface area contributed by atoms with Crippen molar-refractivity contribution in [2.45, 2.75) is 40.2 Å². The van der Waals surface area contributed by atoms with E-state index in [0.717, 1.165) is 23.3 Å². The van der Waals surface area contributed by atoms with Gasteiger partial charge in [-0.2, -0.15) is 0 Å². The van der Waals surface area contributed by atoms with Gasteiger partial charge >= 0.3 is 11.9 Å². The Morgan fingerprint density at radius 3 is 1.91 bits per heavy atom. The third-order valence-corrected chi connectivity index (χ3v) is 4.03. The van der Waals surface area contributed by atoms with Crippen molar-refractivity contribution in [1.82, 2.24) is 0 Å². The second-order valence-electron chi connectivity index (χ2n) is 7.69. The summed E-state index contributed by atoms with van der Waals surface area (Å²) in [6, 6.07) is 17.1. The van der Waals surface area contributed by atoms with Crippen molar-refractivity contribution in [1.29, 1.82) is 0 Å². The van der Waals surface area contributed by atoms with Gasteiger partial charge in [-0.1, -0.05) is 56.3 Å². The molecule has 5 heteroatoms. The van der Waals surface area contributed by atoms with E-state index in [0.29, 0.717) is 12.5 Å². The van der Waals surface area contributed by atoms with Crippen molar-refractivity contribution in [3.05, 3.63) is 77.9 Å². The number of ether oxygens (including phenoxy) is 3. The Balaban J connectivity index is 0.000000320. The SMILES string of the molecule is CC(C)CCOC(=O)C=Cc1ccccc1.COc1ccc(C=CC(=O)OC(C)C)cc1. The van der Waals surface area contributed by atoms with Gasteiger partial charge in [0.05, 0.1) is 19.8 Å². The first-order valence-corrected chi connectivity index (χ1v) is 10.7. The molecule has 0 aliphatic rings. The predicted molar refractivity (Wildman–Crippen MR) is 129 cm³/mol. The summed E-state index contributed by atoms with van der Waals surface area (Å²) in [5.41, 5.74) is 1.94. The van der Waals surface area contributed by atoms with E-state index in [-0.39, 0.29) is 18.0 Å². The number of rotatable bonds is 9. The van der Waals surface area contributed by atoms with E-state index in [2.05, 4.69) is 13.8 Å². The van der Waals surface area contributed by atoms with Gasteiger partial charge in [0.25, 0.3) is 0 Å². The van der Waals surface area contributed by atoms with E-state index in [1.807, 2.05) is 68.4 Å². The molecule has 0 heterocycles. The Morgan fingerprint density at radius 1 is 0.812 bits per heavy atom. The minimum absolute atomic E-state index is 0.0898. The first-order chi connectivity index (χ1) is 15.3. The molecule has 2 aromatic rings. The molecule has 2 aromatic carbocycles. The van der Waals surface area contributed by atoms with Crippen molar-refractivity contribution in [2.75, 3.05) is 13.7 Å². The molecule has 172 valence electrons. The monoisotopic (exact) mass is 438 g/mol. The smallest absolute Gasteiger partial charge is 0.331 e. The van der Waals surface area contributed by atoms with Crippen LogP contribution in [-0.2, 0) is 19.1 Å². The van der Waals surface area contributed by atoms with Crippen LogP contribution in [0.1, 0.15) is 45.2 Å². The zero-order valence-electron chi connectivity index (χ0n) is 19.6. The highest BCUT2D eigenvalue weighted by Crippen LogP contribution is 2.12. The van der Waals surface area contributed by atoms with Crippen molar-refractivity contribution < 1.29 is 23.8 Å². The quantitative estimate of drug-likeness (QED) is 0.358. The summed E-state index contributed by atoms with van der Waals surface area (Å²) < 4.78 is 15.0. The fourth-order valence-electron chi connectivity index (χ4n) is 2.32. The maximum atomic E-state index is 11.3. The zero-order valence-corrected chi connectivity index (χ0v) is 19.6. The highest BCUT2D eigenvalue weighted by Gasteiger charge is 2.00. The van der Waals surface area contributed by atoms with E-state index < -0.39 is 0 Å². The van der Waals surface area contributed by atoms with Crippen LogP contribution in [-0.4, -0.2) is 31.8 Å². The fourth-order valence-corrected chi connectivity index (χ4v) is 2.32. The summed E-state index contributed by atoms with van der Waals surface area (Å²) in [6.07, 6.45) is 7.18. The molecule has 0 aliphatic carbocycles. The summed E-state index contributed by atoms with van der Waals surface area (Å²) >= 11 is 0. The average molecular weight is 439 g/mol. The third kappa shape index (κ3) is 13.1. The number of methoxy groups -OCH3 is 1.